The number of nitrogens with zero attached hydrogens (tertiary/aromatic N) is 2. The second kappa shape index (κ2) is 9.24. The van der Waals surface area contributed by atoms with Crippen LogP contribution in [-0.4, -0.2) is 67.6 Å². The van der Waals surface area contributed by atoms with Crippen LogP contribution in [0.3, 0.4) is 0 Å². The Morgan fingerprint density at radius 3 is 2.77 bits per heavy atom. The molecular formula is C19H25ClN2O4. The molecular weight excluding hydrogens is 356 g/mol. The van der Waals surface area contributed by atoms with Gasteiger partial charge >= 0.3 is 0 Å². The topological polar surface area (TPSA) is 59.1 Å². The first-order valence-electron chi connectivity index (χ1n) is 9.16. The van der Waals surface area contributed by atoms with Crippen molar-refractivity contribution in [1.29, 1.82) is 0 Å². The maximum atomic E-state index is 12.6. The monoisotopic (exact) mass is 380 g/mol. The molecule has 0 radical (unpaired) electrons. The van der Waals surface area contributed by atoms with Crippen molar-refractivity contribution in [2.24, 2.45) is 5.92 Å². The molecule has 0 aromatic heterocycles. The first-order chi connectivity index (χ1) is 12.6. The third-order valence-corrected chi connectivity index (χ3v) is 5.06. The molecule has 7 heteroatoms. The standard InChI is InChI=1S/C19H25ClN2O4/c20-16-4-1-5-17(13-16)26-10-6-18(23)22-7-2-3-15(14-22)19(24)21-8-11-25-12-9-21/h1,4-5,13,15H,2-3,6-12,14H2. The molecule has 0 spiro atoms. The molecule has 2 saturated heterocycles. The lowest BCUT2D eigenvalue weighted by atomic mass is 9.96. The lowest BCUT2D eigenvalue weighted by molar-refractivity contribution is -0.144. The van der Waals surface area contributed by atoms with Crippen LogP contribution in [0.4, 0.5) is 0 Å². The zero-order chi connectivity index (χ0) is 18.4. The third-order valence-electron chi connectivity index (χ3n) is 4.83. The van der Waals surface area contributed by atoms with Crippen molar-refractivity contribution in [1.82, 2.24) is 9.80 Å². The number of carbonyl (C=O) groups is 2. The number of piperidine rings is 1. The highest BCUT2D eigenvalue weighted by Gasteiger charge is 2.31. The summed E-state index contributed by atoms with van der Waals surface area (Å²) < 4.78 is 10.9. The van der Waals surface area contributed by atoms with Crippen LogP contribution in [0.5, 0.6) is 5.75 Å². The normalized spacial score (nSPS) is 20.7. The van der Waals surface area contributed by atoms with Crippen LogP contribution in [-0.2, 0) is 14.3 Å². The number of ether oxygens (including phenoxy) is 2. The quantitative estimate of drug-likeness (QED) is 0.785. The summed E-state index contributed by atoms with van der Waals surface area (Å²) in [5.41, 5.74) is 0. The summed E-state index contributed by atoms with van der Waals surface area (Å²) in [6, 6.07) is 7.13. The summed E-state index contributed by atoms with van der Waals surface area (Å²) in [5, 5.41) is 0.606. The van der Waals surface area contributed by atoms with E-state index in [1.165, 1.54) is 0 Å². The summed E-state index contributed by atoms with van der Waals surface area (Å²) >= 11 is 5.92. The van der Waals surface area contributed by atoms with Crippen molar-refractivity contribution in [2.45, 2.75) is 19.3 Å². The van der Waals surface area contributed by atoms with Gasteiger partial charge in [-0.15, -0.1) is 0 Å². The summed E-state index contributed by atoms with van der Waals surface area (Å²) in [6.45, 7) is 4.02. The first kappa shape index (κ1) is 19.0. The fourth-order valence-electron chi connectivity index (χ4n) is 3.42. The van der Waals surface area contributed by atoms with Crippen LogP contribution in [0.25, 0.3) is 0 Å². The lowest BCUT2D eigenvalue weighted by Crippen LogP contribution is -2.49. The molecule has 6 nitrogen and oxygen atoms in total. The van der Waals surface area contributed by atoms with E-state index in [1.807, 2.05) is 17.0 Å². The van der Waals surface area contributed by atoms with Gasteiger partial charge in [-0.1, -0.05) is 17.7 Å². The molecule has 0 bridgehead atoms. The van der Waals surface area contributed by atoms with Crippen molar-refractivity contribution >= 4 is 23.4 Å². The van der Waals surface area contributed by atoms with Crippen LogP contribution in [0, 0.1) is 5.92 Å². The number of carbonyl (C=O) groups excluding carboxylic acids is 2. The zero-order valence-electron chi connectivity index (χ0n) is 14.9. The van der Waals surface area contributed by atoms with Crippen LogP contribution >= 0.6 is 11.6 Å². The Kier molecular flexibility index (Phi) is 6.74. The Morgan fingerprint density at radius 1 is 1.19 bits per heavy atom. The predicted molar refractivity (Wildman–Crippen MR) is 98.3 cm³/mol. The largest absolute Gasteiger partial charge is 0.493 e. The van der Waals surface area contributed by atoms with Gasteiger partial charge < -0.3 is 19.3 Å². The van der Waals surface area contributed by atoms with Crippen molar-refractivity contribution in [3.8, 4) is 5.75 Å². The highest BCUT2D eigenvalue weighted by Crippen LogP contribution is 2.21. The Bertz CT molecular complexity index is 634. The Morgan fingerprint density at radius 2 is 2.00 bits per heavy atom. The summed E-state index contributed by atoms with van der Waals surface area (Å²) in [5.74, 6) is 0.747. The second-order valence-electron chi connectivity index (χ2n) is 6.67. The van der Waals surface area contributed by atoms with Gasteiger partial charge in [0.15, 0.2) is 0 Å². The fraction of sp³-hybridized carbons (Fsp3) is 0.579. The minimum atomic E-state index is -0.0975. The molecule has 0 saturated carbocycles. The van der Waals surface area contributed by atoms with Crippen molar-refractivity contribution in [3.05, 3.63) is 29.3 Å². The molecule has 2 aliphatic heterocycles. The van der Waals surface area contributed by atoms with Gasteiger partial charge in [0.1, 0.15) is 5.75 Å². The number of hydrogen-bond donors (Lipinski definition) is 0. The molecule has 2 aliphatic rings. The van der Waals surface area contributed by atoms with E-state index in [2.05, 4.69) is 0 Å². The van der Waals surface area contributed by atoms with Crippen LogP contribution < -0.4 is 4.74 Å². The number of halogens is 1. The number of hydrogen-bond acceptors (Lipinski definition) is 4. The van der Waals surface area contributed by atoms with Gasteiger partial charge in [0.25, 0.3) is 0 Å². The number of amides is 2. The third kappa shape index (κ3) is 5.11. The van der Waals surface area contributed by atoms with E-state index in [9.17, 15) is 9.59 Å². The molecule has 1 unspecified atom stereocenters. The molecule has 0 aliphatic carbocycles. The molecule has 2 fully saturated rings. The molecule has 3 rings (SSSR count). The van der Waals surface area contributed by atoms with Gasteiger partial charge in [-0.3, -0.25) is 9.59 Å². The minimum absolute atomic E-state index is 0.0338. The summed E-state index contributed by atoms with van der Waals surface area (Å²) in [7, 11) is 0. The lowest BCUT2D eigenvalue weighted by Gasteiger charge is -2.36. The smallest absolute Gasteiger partial charge is 0.227 e. The molecule has 1 atom stereocenters. The van der Waals surface area contributed by atoms with Gasteiger partial charge in [-0.2, -0.15) is 0 Å². The number of benzene rings is 1. The zero-order valence-corrected chi connectivity index (χ0v) is 15.6. The average molecular weight is 381 g/mol. The minimum Gasteiger partial charge on any atom is -0.493 e. The highest BCUT2D eigenvalue weighted by molar-refractivity contribution is 6.30. The van der Waals surface area contributed by atoms with Crippen molar-refractivity contribution in [3.63, 3.8) is 0 Å². The van der Waals surface area contributed by atoms with E-state index in [0.29, 0.717) is 63.2 Å². The summed E-state index contributed by atoms with van der Waals surface area (Å²) in [6.07, 6.45) is 2.01. The van der Waals surface area contributed by atoms with Crippen LogP contribution in [0.2, 0.25) is 5.02 Å². The molecule has 142 valence electrons. The molecule has 2 heterocycles. The number of rotatable bonds is 5. The summed E-state index contributed by atoms with van der Waals surface area (Å²) in [4.78, 5) is 28.8. The maximum Gasteiger partial charge on any atom is 0.227 e. The van der Waals surface area contributed by atoms with Crippen molar-refractivity contribution in [2.75, 3.05) is 46.0 Å². The van der Waals surface area contributed by atoms with Gasteiger partial charge in [0.2, 0.25) is 11.8 Å². The van der Waals surface area contributed by atoms with Crippen molar-refractivity contribution < 1.29 is 19.1 Å². The SMILES string of the molecule is O=C(CCOc1cccc(Cl)c1)N1CCCC(C(=O)N2CCOCC2)C1. The highest BCUT2D eigenvalue weighted by atomic mass is 35.5. The molecule has 2 amide bonds. The van der Waals surface area contributed by atoms with Gasteiger partial charge in [-0.25, -0.2) is 0 Å². The van der Waals surface area contributed by atoms with Gasteiger partial charge in [0.05, 0.1) is 32.2 Å². The fourth-order valence-corrected chi connectivity index (χ4v) is 3.60. The van der Waals surface area contributed by atoms with E-state index in [1.54, 1.807) is 17.0 Å². The van der Waals surface area contributed by atoms with E-state index in [0.717, 1.165) is 12.8 Å². The maximum absolute atomic E-state index is 12.6. The van der Waals surface area contributed by atoms with Gasteiger partial charge in [0, 0.05) is 31.2 Å². The van der Waals surface area contributed by atoms with Gasteiger partial charge in [-0.05, 0) is 31.0 Å². The van der Waals surface area contributed by atoms with E-state index < -0.39 is 0 Å². The molecule has 0 N–H and O–H groups in total. The Labute approximate surface area is 159 Å². The Hall–Kier alpha value is -1.79. The van der Waals surface area contributed by atoms with E-state index >= 15 is 0 Å². The first-order valence-corrected chi connectivity index (χ1v) is 9.54. The molecule has 1 aromatic rings. The van der Waals surface area contributed by atoms with E-state index in [-0.39, 0.29) is 17.7 Å². The molecule has 1 aromatic carbocycles. The second-order valence-corrected chi connectivity index (χ2v) is 7.11. The number of morpholine rings is 1. The average Bonchev–Trinajstić information content (AvgIpc) is 2.68. The van der Waals surface area contributed by atoms with E-state index in [4.69, 9.17) is 21.1 Å². The number of likely N-dealkylation sites (tertiary alicyclic amines) is 1. The predicted octanol–water partition coefficient (Wildman–Crippen LogP) is 2.21. The molecule has 26 heavy (non-hydrogen) atoms. The van der Waals surface area contributed by atoms with Crippen LogP contribution in [0.15, 0.2) is 24.3 Å². The van der Waals surface area contributed by atoms with Crippen LogP contribution in [0.1, 0.15) is 19.3 Å². The Balaban J connectivity index is 1.45.